The number of carbonyl (C=O) groups is 2. The number of rotatable bonds is 4. The first kappa shape index (κ1) is 13.4. The number of carboxylic acid groups (broad SMARTS) is 1. The molecule has 2 rings (SSSR count). The predicted octanol–water partition coefficient (Wildman–Crippen LogP) is 1.04. The van der Waals surface area contributed by atoms with E-state index in [0.29, 0.717) is 30.9 Å². The van der Waals surface area contributed by atoms with Gasteiger partial charge in [0.2, 0.25) is 5.89 Å². The average molecular weight is 267 g/mol. The molecule has 7 heteroatoms. The quantitative estimate of drug-likeness (QED) is 0.756. The summed E-state index contributed by atoms with van der Waals surface area (Å²) in [5.41, 5.74) is 0. The largest absolute Gasteiger partial charge is 0.481 e. The summed E-state index contributed by atoms with van der Waals surface area (Å²) in [5.74, 6) is -0.000514. The van der Waals surface area contributed by atoms with Gasteiger partial charge in [-0.3, -0.25) is 4.79 Å². The molecule has 0 unspecified atom stereocenters. The van der Waals surface area contributed by atoms with Gasteiger partial charge in [-0.1, -0.05) is 0 Å². The molecule has 2 atom stereocenters. The summed E-state index contributed by atoms with van der Waals surface area (Å²) < 4.78 is 5.22. The van der Waals surface area contributed by atoms with E-state index >= 15 is 0 Å². The van der Waals surface area contributed by atoms with Gasteiger partial charge < -0.3 is 20.2 Å². The number of aryl methyl sites for hydroxylation is 1. The first-order valence-corrected chi connectivity index (χ1v) is 6.23. The summed E-state index contributed by atoms with van der Waals surface area (Å²) >= 11 is 0. The van der Waals surface area contributed by atoms with E-state index in [9.17, 15) is 9.59 Å². The van der Waals surface area contributed by atoms with Gasteiger partial charge in [-0.15, -0.1) is 0 Å². The van der Waals surface area contributed by atoms with Crippen molar-refractivity contribution < 1.29 is 19.1 Å². The minimum absolute atomic E-state index is 0.0765. The smallest absolute Gasteiger partial charge is 0.315 e. The molecule has 19 heavy (non-hydrogen) atoms. The van der Waals surface area contributed by atoms with Gasteiger partial charge in [0.1, 0.15) is 5.76 Å². The predicted molar refractivity (Wildman–Crippen MR) is 65.4 cm³/mol. The number of aromatic nitrogens is 1. The Labute approximate surface area is 110 Å². The number of oxazole rings is 1. The molecule has 1 aliphatic rings. The maximum absolute atomic E-state index is 11.6. The van der Waals surface area contributed by atoms with Crippen LogP contribution < -0.4 is 10.6 Å². The number of hydrogen-bond donors (Lipinski definition) is 3. The normalized spacial score (nSPS) is 22.2. The molecule has 0 bridgehead atoms. The standard InChI is InChI=1S/C12H17N3O4/c1-7-5-13-10(19-7)6-14-12(18)15-9-3-2-8(4-9)11(16)17/h5,8-9H,2-4,6H2,1H3,(H,16,17)(H2,14,15,18)/t8-,9+/m1/s1. The highest BCUT2D eigenvalue weighted by molar-refractivity contribution is 5.75. The molecule has 0 saturated heterocycles. The van der Waals surface area contributed by atoms with Gasteiger partial charge in [-0.2, -0.15) is 0 Å². The van der Waals surface area contributed by atoms with E-state index in [1.54, 1.807) is 13.1 Å². The van der Waals surface area contributed by atoms with Crippen LogP contribution in [0.1, 0.15) is 30.9 Å². The van der Waals surface area contributed by atoms with E-state index in [-0.39, 0.29) is 24.5 Å². The minimum Gasteiger partial charge on any atom is -0.481 e. The molecule has 0 radical (unpaired) electrons. The second-order valence-corrected chi connectivity index (χ2v) is 4.74. The lowest BCUT2D eigenvalue weighted by Gasteiger charge is -2.12. The van der Waals surface area contributed by atoms with Crippen molar-refractivity contribution in [3.05, 3.63) is 17.8 Å². The van der Waals surface area contributed by atoms with Crippen molar-refractivity contribution in [2.45, 2.75) is 38.8 Å². The average Bonchev–Trinajstić information content (AvgIpc) is 2.96. The van der Waals surface area contributed by atoms with E-state index < -0.39 is 5.97 Å². The highest BCUT2D eigenvalue weighted by Crippen LogP contribution is 2.25. The Hall–Kier alpha value is -2.05. The zero-order valence-electron chi connectivity index (χ0n) is 10.7. The van der Waals surface area contributed by atoms with Crippen molar-refractivity contribution in [2.75, 3.05) is 0 Å². The third kappa shape index (κ3) is 3.70. The van der Waals surface area contributed by atoms with Crippen molar-refractivity contribution in [3.8, 4) is 0 Å². The van der Waals surface area contributed by atoms with E-state index in [2.05, 4.69) is 15.6 Å². The van der Waals surface area contributed by atoms with Crippen molar-refractivity contribution in [3.63, 3.8) is 0 Å². The number of carboxylic acids is 1. The van der Waals surface area contributed by atoms with Crippen LogP contribution in [-0.4, -0.2) is 28.1 Å². The zero-order chi connectivity index (χ0) is 13.8. The lowest BCUT2D eigenvalue weighted by atomic mass is 10.1. The maximum Gasteiger partial charge on any atom is 0.315 e. The molecule has 2 amide bonds. The molecule has 104 valence electrons. The molecule has 1 aliphatic carbocycles. The zero-order valence-corrected chi connectivity index (χ0v) is 10.7. The SMILES string of the molecule is Cc1cnc(CNC(=O)N[C@H]2CC[C@@H](C(=O)O)C2)o1. The van der Waals surface area contributed by atoms with Gasteiger partial charge in [0.05, 0.1) is 18.7 Å². The molecule has 1 fully saturated rings. The summed E-state index contributed by atoms with van der Waals surface area (Å²) in [6, 6.07) is -0.403. The fourth-order valence-corrected chi connectivity index (χ4v) is 2.21. The van der Waals surface area contributed by atoms with Crippen LogP contribution in [0.2, 0.25) is 0 Å². The third-order valence-electron chi connectivity index (χ3n) is 3.19. The molecule has 1 saturated carbocycles. The minimum atomic E-state index is -0.792. The van der Waals surface area contributed by atoms with Crippen LogP contribution >= 0.6 is 0 Å². The first-order valence-electron chi connectivity index (χ1n) is 6.23. The Bertz CT molecular complexity index is 471. The van der Waals surface area contributed by atoms with Crippen LogP contribution in [0.4, 0.5) is 4.79 Å². The second kappa shape index (κ2) is 5.73. The van der Waals surface area contributed by atoms with Crippen LogP contribution in [0, 0.1) is 12.8 Å². The van der Waals surface area contributed by atoms with Crippen LogP contribution in [0.5, 0.6) is 0 Å². The topological polar surface area (TPSA) is 104 Å². The van der Waals surface area contributed by atoms with E-state index in [4.69, 9.17) is 9.52 Å². The molecule has 0 spiro atoms. The molecule has 1 aromatic heterocycles. The van der Waals surface area contributed by atoms with Gasteiger partial charge in [0, 0.05) is 6.04 Å². The van der Waals surface area contributed by atoms with Crippen LogP contribution in [-0.2, 0) is 11.3 Å². The monoisotopic (exact) mass is 267 g/mol. The number of amides is 2. The molecule has 7 nitrogen and oxygen atoms in total. The van der Waals surface area contributed by atoms with Crippen LogP contribution in [0.15, 0.2) is 10.6 Å². The van der Waals surface area contributed by atoms with E-state index in [1.165, 1.54) is 0 Å². The van der Waals surface area contributed by atoms with Crippen molar-refractivity contribution in [2.24, 2.45) is 5.92 Å². The Kier molecular flexibility index (Phi) is 4.03. The molecule has 1 aromatic rings. The van der Waals surface area contributed by atoms with Gasteiger partial charge in [0.25, 0.3) is 0 Å². The summed E-state index contributed by atoms with van der Waals surface area (Å²) in [6.07, 6.45) is 3.38. The number of carbonyl (C=O) groups excluding carboxylic acids is 1. The van der Waals surface area contributed by atoms with Crippen LogP contribution in [0.3, 0.4) is 0 Å². The number of urea groups is 1. The number of aliphatic carboxylic acids is 1. The Morgan fingerprint density at radius 2 is 2.32 bits per heavy atom. The van der Waals surface area contributed by atoms with Crippen LogP contribution in [0.25, 0.3) is 0 Å². The Morgan fingerprint density at radius 3 is 2.89 bits per heavy atom. The summed E-state index contributed by atoms with van der Waals surface area (Å²) in [4.78, 5) is 26.4. The fraction of sp³-hybridized carbons (Fsp3) is 0.583. The molecule has 1 heterocycles. The van der Waals surface area contributed by atoms with E-state index in [0.717, 1.165) is 0 Å². The molecule has 0 aromatic carbocycles. The van der Waals surface area contributed by atoms with Gasteiger partial charge in [0.15, 0.2) is 0 Å². The lowest BCUT2D eigenvalue weighted by Crippen LogP contribution is -2.40. The Balaban J connectivity index is 1.72. The fourth-order valence-electron chi connectivity index (χ4n) is 2.21. The van der Waals surface area contributed by atoms with Gasteiger partial charge in [-0.25, -0.2) is 9.78 Å². The number of hydrogen-bond acceptors (Lipinski definition) is 4. The number of nitrogens with one attached hydrogen (secondary N) is 2. The number of nitrogens with zero attached hydrogens (tertiary/aromatic N) is 1. The maximum atomic E-state index is 11.6. The third-order valence-corrected chi connectivity index (χ3v) is 3.19. The van der Waals surface area contributed by atoms with Gasteiger partial charge in [-0.05, 0) is 26.2 Å². The highest BCUT2D eigenvalue weighted by atomic mass is 16.4. The highest BCUT2D eigenvalue weighted by Gasteiger charge is 2.30. The summed E-state index contributed by atoms with van der Waals surface area (Å²) in [5, 5.41) is 14.3. The summed E-state index contributed by atoms with van der Waals surface area (Å²) in [7, 11) is 0. The van der Waals surface area contributed by atoms with Crippen molar-refractivity contribution >= 4 is 12.0 Å². The molecule has 0 aliphatic heterocycles. The molecular weight excluding hydrogens is 250 g/mol. The summed E-state index contributed by atoms with van der Waals surface area (Å²) in [6.45, 7) is 2.00. The molecule has 3 N–H and O–H groups in total. The molecular formula is C12H17N3O4. The lowest BCUT2D eigenvalue weighted by molar-refractivity contribution is -0.141. The Morgan fingerprint density at radius 1 is 1.53 bits per heavy atom. The first-order chi connectivity index (χ1) is 9.04. The van der Waals surface area contributed by atoms with Crippen molar-refractivity contribution in [1.82, 2.24) is 15.6 Å². The van der Waals surface area contributed by atoms with Gasteiger partial charge >= 0.3 is 12.0 Å². The second-order valence-electron chi connectivity index (χ2n) is 4.74. The van der Waals surface area contributed by atoms with E-state index in [1.807, 2.05) is 0 Å². The van der Waals surface area contributed by atoms with Crippen molar-refractivity contribution in [1.29, 1.82) is 0 Å².